The molecule has 4 saturated carbocycles. The van der Waals surface area contributed by atoms with Gasteiger partial charge in [-0.05, 0) is 120 Å². The number of fused-ring (bicyclic) bond motifs is 6. The molecular weight excluding hydrogens is 732 g/mol. The second-order valence-electron chi connectivity index (χ2n) is 20.2. The molecule has 9 rings (SSSR count). The molecule has 4 N–H and O–H groups in total. The smallest absolute Gasteiger partial charge is 0.306 e. The zero-order valence-corrected chi connectivity index (χ0v) is 34.6. The monoisotopic (exact) mass is 798 g/mol. The average molecular weight is 799 g/mol. The van der Waals surface area contributed by atoms with Gasteiger partial charge in [0.05, 0.1) is 48.6 Å². The number of para-hydroxylation sites is 1. The number of ether oxygens (including phenoxy) is 7. The van der Waals surface area contributed by atoms with E-state index in [2.05, 4.69) is 13.8 Å². The maximum atomic E-state index is 13.0. The Hall–Kier alpha value is -1.87. The predicted molar refractivity (Wildman–Crippen MR) is 205 cm³/mol. The van der Waals surface area contributed by atoms with Gasteiger partial charge in [-0.15, -0.1) is 0 Å². The summed E-state index contributed by atoms with van der Waals surface area (Å²) in [6, 6.07) is 7.19. The molecule has 12 heteroatoms. The van der Waals surface area contributed by atoms with Crippen molar-refractivity contribution in [3.05, 3.63) is 29.8 Å². The summed E-state index contributed by atoms with van der Waals surface area (Å²) in [4.78, 5) is 12.8. The number of phenolic OH excluding ortho intramolecular Hbond substituents is 1. The molecule has 4 aliphatic carbocycles. The third kappa shape index (κ3) is 6.80. The van der Waals surface area contributed by atoms with E-state index in [-0.39, 0.29) is 71.6 Å². The highest BCUT2D eigenvalue weighted by Crippen LogP contribution is 2.70. The van der Waals surface area contributed by atoms with Crippen LogP contribution in [0.1, 0.15) is 118 Å². The Bertz CT molecular complexity index is 1640. The molecule has 1 aromatic rings. The molecule has 57 heavy (non-hydrogen) atoms. The van der Waals surface area contributed by atoms with Crippen molar-refractivity contribution in [2.45, 2.75) is 197 Å². The van der Waals surface area contributed by atoms with Crippen molar-refractivity contribution in [3.63, 3.8) is 0 Å². The van der Waals surface area contributed by atoms with E-state index in [1.807, 2.05) is 39.8 Å². The molecule has 0 amide bonds. The molecule has 4 heterocycles. The molecule has 19 atom stereocenters. The van der Waals surface area contributed by atoms with Crippen molar-refractivity contribution in [2.24, 2.45) is 40.4 Å². The summed E-state index contributed by atoms with van der Waals surface area (Å²) in [6.07, 6.45) is 3.53. The Balaban J connectivity index is 0.825. The second kappa shape index (κ2) is 14.6. The van der Waals surface area contributed by atoms with Crippen LogP contribution in [0.3, 0.4) is 0 Å². The Morgan fingerprint density at radius 2 is 1.58 bits per heavy atom. The molecule has 0 radical (unpaired) electrons. The zero-order valence-electron chi connectivity index (χ0n) is 34.6. The molecule has 4 aliphatic heterocycles. The van der Waals surface area contributed by atoms with Gasteiger partial charge in [-0.2, -0.15) is 0 Å². The molecule has 0 spiro atoms. The molecule has 4 saturated heterocycles. The topological polar surface area (TPSA) is 163 Å². The minimum Gasteiger partial charge on any atom is -0.508 e. The average Bonchev–Trinajstić information content (AvgIpc) is 3.77. The molecule has 0 aromatic heterocycles. The SMILES string of the molecule is CC1O[C@@H](O[C@H]2CC[C@@]3(C)[C@H](CC[C@@H]4[C@@H]3C[C@@H](O)[C@]3(C)[C@@H](C5CC(=O)OC5Cc5ccccc5O)CC[C@]43O)C2)C[C@@H](O)C1O[C@H]1C[C@H]2OC(C)(C)OC2C(C)O1. The molecule has 8 aliphatic rings. The number of hydrogen-bond acceptors (Lipinski definition) is 12. The van der Waals surface area contributed by atoms with Crippen LogP contribution < -0.4 is 0 Å². The first-order valence-corrected chi connectivity index (χ1v) is 22.0. The maximum absolute atomic E-state index is 13.0. The number of benzene rings is 1. The normalized spacial score (nSPS) is 51.7. The molecule has 318 valence electrons. The number of aromatic hydroxyl groups is 1. The molecule has 8 fully saturated rings. The van der Waals surface area contributed by atoms with E-state index in [0.29, 0.717) is 38.0 Å². The highest BCUT2D eigenvalue weighted by atomic mass is 16.8. The van der Waals surface area contributed by atoms with E-state index >= 15 is 0 Å². The summed E-state index contributed by atoms with van der Waals surface area (Å²) in [7, 11) is 0. The van der Waals surface area contributed by atoms with Crippen LogP contribution in [0.2, 0.25) is 0 Å². The van der Waals surface area contributed by atoms with Crippen LogP contribution in [0.25, 0.3) is 0 Å². The number of carbonyl (C=O) groups is 1. The number of esters is 1. The quantitative estimate of drug-likeness (QED) is 0.202. The van der Waals surface area contributed by atoms with Crippen molar-refractivity contribution in [2.75, 3.05) is 0 Å². The standard InChI is InChI=1S/C45H66O12/c1-23-40(55-39-22-35-41(24(2)52-39)57-42(3,4)56-35)33(47)21-38(51-23)53-27-13-15-43(5)26(18-27)11-12-30-31(43)20-36(48)44(6)29(14-16-45(30,44)50)28-19-37(49)54-34(28)17-25-9-7-8-10-32(25)46/h7-10,23-24,26-31,33-36,38-41,46-48,50H,11-22H2,1-6H3/t23?,24?,26-,27+,28?,29-,30-,31+,33-,34?,35-,36-,38+,39+,40?,41?,43+,44+,45+/m1/s1. The van der Waals surface area contributed by atoms with Gasteiger partial charge in [0, 0.05) is 30.6 Å². The highest BCUT2D eigenvalue weighted by Gasteiger charge is 2.72. The number of aliphatic hydroxyl groups is 3. The van der Waals surface area contributed by atoms with Gasteiger partial charge in [0.25, 0.3) is 0 Å². The summed E-state index contributed by atoms with van der Waals surface area (Å²) in [5.41, 5.74) is -1.14. The molecule has 1 aromatic carbocycles. The molecule has 0 bridgehead atoms. The maximum Gasteiger partial charge on any atom is 0.306 e. The van der Waals surface area contributed by atoms with E-state index in [9.17, 15) is 25.2 Å². The van der Waals surface area contributed by atoms with E-state index in [4.69, 9.17) is 33.2 Å². The van der Waals surface area contributed by atoms with Crippen molar-refractivity contribution in [1.29, 1.82) is 0 Å². The lowest BCUT2D eigenvalue weighted by atomic mass is 9.42. The third-order valence-electron chi connectivity index (χ3n) is 16.8. The van der Waals surface area contributed by atoms with Gasteiger partial charge in [-0.25, -0.2) is 0 Å². The van der Waals surface area contributed by atoms with Crippen LogP contribution in [-0.4, -0.2) is 105 Å². The van der Waals surface area contributed by atoms with E-state index in [1.54, 1.807) is 12.1 Å². The predicted octanol–water partition coefficient (Wildman–Crippen LogP) is 5.53. The lowest BCUT2D eigenvalue weighted by molar-refractivity contribution is -0.314. The van der Waals surface area contributed by atoms with Crippen LogP contribution in [0.5, 0.6) is 5.75 Å². The zero-order chi connectivity index (χ0) is 40.2. The van der Waals surface area contributed by atoms with Gasteiger partial charge in [0.1, 0.15) is 24.1 Å². The lowest BCUT2D eigenvalue weighted by Crippen LogP contribution is -2.67. The van der Waals surface area contributed by atoms with Gasteiger partial charge < -0.3 is 53.6 Å². The van der Waals surface area contributed by atoms with Crippen molar-refractivity contribution < 1.29 is 58.4 Å². The van der Waals surface area contributed by atoms with Crippen LogP contribution >= 0.6 is 0 Å². The number of hydrogen-bond donors (Lipinski definition) is 4. The fraction of sp³-hybridized carbons (Fsp3) is 0.844. The lowest BCUT2D eigenvalue weighted by Gasteiger charge is -2.65. The number of phenols is 1. The third-order valence-corrected chi connectivity index (χ3v) is 16.8. The van der Waals surface area contributed by atoms with Crippen molar-refractivity contribution in [3.8, 4) is 5.75 Å². The molecule has 12 nitrogen and oxygen atoms in total. The Morgan fingerprint density at radius 1 is 0.825 bits per heavy atom. The second-order valence-corrected chi connectivity index (χ2v) is 20.2. The Kier molecular flexibility index (Phi) is 10.4. The van der Waals surface area contributed by atoms with Crippen molar-refractivity contribution >= 4 is 5.97 Å². The first-order chi connectivity index (χ1) is 27.0. The van der Waals surface area contributed by atoms with Crippen LogP contribution in [0.4, 0.5) is 0 Å². The summed E-state index contributed by atoms with van der Waals surface area (Å²) >= 11 is 0. The van der Waals surface area contributed by atoms with E-state index in [1.165, 1.54) is 0 Å². The fourth-order valence-electron chi connectivity index (χ4n) is 13.9. The van der Waals surface area contributed by atoms with Gasteiger partial charge in [0.15, 0.2) is 18.4 Å². The first kappa shape index (κ1) is 40.5. The number of rotatable bonds is 7. The van der Waals surface area contributed by atoms with Crippen LogP contribution in [0, 0.1) is 40.4 Å². The van der Waals surface area contributed by atoms with Gasteiger partial charge in [-0.3, -0.25) is 4.79 Å². The summed E-state index contributed by atoms with van der Waals surface area (Å²) in [6.45, 7) is 12.2. The Morgan fingerprint density at radius 3 is 2.35 bits per heavy atom. The summed E-state index contributed by atoms with van der Waals surface area (Å²) in [5.74, 6) is -0.349. The van der Waals surface area contributed by atoms with E-state index < -0.39 is 59.9 Å². The first-order valence-electron chi connectivity index (χ1n) is 22.0. The summed E-state index contributed by atoms with van der Waals surface area (Å²) < 4.78 is 43.6. The largest absolute Gasteiger partial charge is 0.508 e. The van der Waals surface area contributed by atoms with Gasteiger partial charge >= 0.3 is 5.97 Å². The molecular formula is C45H66O12. The minimum atomic E-state index is -1.05. The van der Waals surface area contributed by atoms with Crippen LogP contribution in [0.15, 0.2) is 24.3 Å². The minimum absolute atomic E-state index is 0.0116. The highest BCUT2D eigenvalue weighted by molar-refractivity contribution is 5.72. The number of carbonyl (C=O) groups excluding carboxylic acids is 1. The Labute approximate surface area is 337 Å². The number of cyclic esters (lactones) is 1. The molecule has 6 unspecified atom stereocenters. The van der Waals surface area contributed by atoms with Gasteiger partial charge in [-0.1, -0.05) is 32.0 Å². The van der Waals surface area contributed by atoms with Crippen LogP contribution in [-0.2, 0) is 44.4 Å². The number of aliphatic hydroxyl groups excluding tert-OH is 2. The summed E-state index contributed by atoms with van der Waals surface area (Å²) in [5, 5.41) is 47.1. The van der Waals surface area contributed by atoms with Crippen molar-refractivity contribution in [1.82, 2.24) is 0 Å². The fourth-order valence-corrected chi connectivity index (χ4v) is 13.9. The van der Waals surface area contributed by atoms with E-state index in [0.717, 1.165) is 44.1 Å². The van der Waals surface area contributed by atoms with Gasteiger partial charge in [0.2, 0.25) is 0 Å².